The summed E-state index contributed by atoms with van der Waals surface area (Å²) >= 11 is 0. The fourth-order valence-electron chi connectivity index (χ4n) is 1.37. The van der Waals surface area contributed by atoms with Gasteiger partial charge >= 0.3 is 0 Å². The lowest BCUT2D eigenvalue weighted by Crippen LogP contribution is -2.17. The molecule has 1 aromatic heterocycles. The molecule has 0 amide bonds. The van der Waals surface area contributed by atoms with Gasteiger partial charge in [0.15, 0.2) is 0 Å². The number of aromatic nitrogens is 2. The summed E-state index contributed by atoms with van der Waals surface area (Å²) in [5.41, 5.74) is 6.55. The molecule has 4 nitrogen and oxygen atoms in total. The monoisotopic (exact) mass is 166 g/mol. The predicted octanol–water partition coefficient (Wildman–Crippen LogP) is 1.20. The molecule has 0 aliphatic heterocycles. The van der Waals surface area contributed by atoms with Gasteiger partial charge in [0.25, 0.3) is 0 Å². The summed E-state index contributed by atoms with van der Waals surface area (Å²) in [6.45, 7) is 2.18. The van der Waals surface area contributed by atoms with Crippen LogP contribution in [0.2, 0.25) is 0 Å². The summed E-state index contributed by atoms with van der Waals surface area (Å²) in [6, 6.07) is 0.518. The molecule has 0 saturated heterocycles. The standard InChI is InChI=1S/C8H14N4/c1-5(6-2-3-6)11-7-4-10-12-8(7)9/h4-6,11H,2-3H2,1H3,(H3,9,10,12). The first-order valence-electron chi connectivity index (χ1n) is 4.33. The fraction of sp³-hybridized carbons (Fsp3) is 0.625. The molecule has 0 bridgehead atoms. The van der Waals surface area contributed by atoms with Crippen LogP contribution in [0.3, 0.4) is 0 Å². The summed E-state index contributed by atoms with van der Waals surface area (Å²) in [5.74, 6) is 1.46. The quantitative estimate of drug-likeness (QED) is 0.632. The third kappa shape index (κ3) is 1.37. The van der Waals surface area contributed by atoms with Crippen molar-refractivity contribution < 1.29 is 0 Å². The van der Waals surface area contributed by atoms with Gasteiger partial charge in [0.2, 0.25) is 0 Å². The first-order valence-corrected chi connectivity index (χ1v) is 4.33. The van der Waals surface area contributed by atoms with Gasteiger partial charge in [-0.15, -0.1) is 0 Å². The Bertz CT molecular complexity index is 264. The molecule has 0 spiro atoms. The molecule has 1 aliphatic rings. The number of aromatic amines is 1. The molecular weight excluding hydrogens is 152 g/mol. The van der Waals surface area contributed by atoms with Crippen LogP contribution in [0, 0.1) is 5.92 Å². The highest BCUT2D eigenvalue weighted by Gasteiger charge is 2.28. The van der Waals surface area contributed by atoms with Gasteiger partial charge in [0.1, 0.15) is 5.82 Å². The van der Waals surface area contributed by atoms with Gasteiger partial charge in [-0.1, -0.05) is 0 Å². The average molecular weight is 166 g/mol. The van der Waals surface area contributed by atoms with Crippen molar-refractivity contribution in [2.24, 2.45) is 5.92 Å². The molecule has 1 heterocycles. The highest BCUT2D eigenvalue weighted by Crippen LogP contribution is 2.34. The van der Waals surface area contributed by atoms with E-state index in [4.69, 9.17) is 5.73 Å². The molecule has 2 rings (SSSR count). The summed E-state index contributed by atoms with van der Waals surface area (Å²) in [6.07, 6.45) is 4.41. The summed E-state index contributed by atoms with van der Waals surface area (Å²) < 4.78 is 0. The van der Waals surface area contributed by atoms with E-state index in [1.165, 1.54) is 12.8 Å². The third-order valence-electron chi connectivity index (χ3n) is 2.38. The van der Waals surface area contributed by atoms with Crippen LogP contribution >= 0.6 is 0 Å². The maximum absolute atomic E-state index is 5.63. The highest BCUT2D eigenvalue weighted by molar-refractivity contribution is 5.60. The van der Waals surface area contributed by atoms with Crippen LogP contribution in [0.15, 0.2) is 6.20 Å². The molecule has 66 valence electrons. The minimum atomic E-state index is 0.518. The van der Waals surface area contributed by atoms with Gasteiger partial charge in [-0.25, -0.2) is 0 Å². The van der Waals surface area contributed by atoms with E-state index in [1.807, 2.05) is 0 Å². The number of rotatable bonds is 3. The van der Waals surface area contributed by atoms with Crippen molar-refractivity contribution in [3.8, 4) is 0 Å². The second-order valence-corrected chi connectivity index (χ2v) is 3.47. The Kier molecular flexibility index (Phi) is 1.67. The van der Waals surface area contributed by atoms with Gasteiger partial charge in [0.05, 0.1) is 11.9 Å². The van der Waals surface area contributed by atoms with Crippen molar-refractivity contribution in [2.45, 2.75) is 25.8 Å². The number of nitrogen functional groups attached to an aromatic ring is 1. The van der Waals surface area contributed by atoms with Gasteiger partial charge in [-0.2, -0.15) is 5.10 Å². The van der Waals surface area contributed by atoms with Gasteiger partial charge in [0, 0.05) is 6.04 Å². The Hall–Kier alpha value is -1.19. The highest BCUT2D eigenvalue weighted by atomic mass is 15.2. The van der Waals surface area contributed by atoms with Crippen molar-refractivity contribution in [3.63, 3.8) is 0 Å². The molecule has 0 aromatic carbocycles. The largest absolute Gasteiger partial charge is 0.382 e. The minimum Gasteiger partial charge on any atom is -0.382 e. The van der Waals surface area contributed by atoms with Crippen molar-refractivity contribution in [3.05, 3.63) is 6.20 Å². The van der Waals surface area contributed by atoms with E-state index in [-0.39, 0.29) is 0 Å². The van der Waals surface area contributed by atoms with E-state index in [1.54, 1.807) is 6.20 Å². The average Bonchev–Trinajstić information content (AvgIpc) is 2.80. The van der Waals surface area contributed by atoms with Gasteiger partial charge in [-0.3, -0.25) is 5.10 Å². The second-order valence-electron chi connectivity index (χ2n) is 3.47. The number of H-pyrrole nitrogens is 1. The van der Waals surface area contributed by atoms with E-state index in [0.29, 0.717) is 11.9 Å². The van der Waals surface area contributed by atoms with Crippen LogP contribution in [-0.2, 0) is 0 Å². The first kappa shape index (κ1) is 7.46. The van der Waals surface area contributed by atoms with Crippen LogP contribution in [-0.4, -0.2) is 16.2 Å². The molecule has 1 atom stereocenters. The minimum absolute atomic E-state index is 0.518. The number of nitrogens with zero attached hydrogens (tertiary/aromatic N) is 1. The van der Waals surface area contributed by atoms with Gasteiger partial charge < -0.3 is 11.1 Å². The maximum Gasteiger partial charge on any atom is 0.142 e. The lowest BCUT2D eigenvalue weighted by Gasteiger charge is -2.12. The van der Waals surface area contributed by atoms with Crippen LogP contribution in [0.5, 0.6) is 0 Å². The molecule has 1 saturated carbocycles. The van der Waals surface area contributed by atoms with Crippen molar-refractivity contribution >= 4 is 11.5 Å². The van der Waals surface area contributed by atoms with Crippen LogP contribution in [0.25, 0.3) is 0 Å². The molecule has 4 heteroatoms. The lowest BCUT2D eigenvalue weighted by atomic mass is 10.2. The maximum atomic E-state index is 5.63. The molecule has 1 fully saturated rings. The van der Waals surface area contributed by atoms with E-state index in [2.05, 4.69) is 22.4 Å². The Labute approximate surface area is 71.5 Å². The van der Waals surface area contributed by atoms with Crippen LogP contribution in [0.1, 0.15) is 19.8 Å². The molecule has 0 radical (unpaired) electrons. The Balaban J connectivity index is 1.97. The molecule has 1 aromatic rings. The van der Waals surface area contributed by atoms with E-state index in [9.17, 15) is 0 Å². The Morgan fingerprint density at radius 2 is 2.50 bits per heavy atom. The zero-order valence-corrected chi connectivity index (χ0v) is 7.17. The Morgan fingerprint density at radius 3 is 3.00 bits per heavy atom. The number of hydrogen-bond donors (Lipinski definition) is 3. The number of anilines is 2. The third-order valence-corrected chi connectivity index (χ3v) is 2.38. The zero-order valence-electron chi connectivity index (χ0n) is 7.17. The zero-order chi connectivity index (χ0) is 8.55. The topological polar surface area (TPSA) is 66.7 Å². The normalized spacial score (nSPS) is 19.1. The Morgan fingerprint density at radius 1 is 1.75 bits per heavy atom. The van der Waals surface area contributed by atoms with E-state index < -0.39 is 0 Å². The lowest BCUT2D eigenvalue weighted by molar-refractivity contribution is 0.694. The van der Waals surface area contributed by atoms with E-state index in [0.717, 1.165) is 11.6 Å². The van der Waals surface area contributed by atoms with Gasteiger partial charge in [-0.05, 0) is 25.7 Å². The second kappa shape index (κ2) is 2.69. The smallest absolute Gasteiger partial charge is 0.142 e. The molecule has 1 unspecified atom stereocenters. The molecular formula is C8H14N4. The summed E-state index contributed by atoms with van der Waals surface area (Å²) in [5, 5.41) is 9.87. The first-order chi connectivity index (χ1) is 5.77. The van der Waals surface area contributed by atoms with Crippen LogP contribution < -0.4 is 11.1 Å². The van der Waals surface area contributed by atoms with E-state index >= 15 is 0 Å². The predicted molar refractivity (Wildman–Crippen MR) is 48.8 cm³/mol. The van der Waals surface area contributed by atoms with Crippen molar-refractivity contribution in [1.82, 2.24) is 10.2 Å². The number of nitrogens with two attached hydrogens (primary N) is 1. The van der Waals surface area contributed by atoms with Crippen molar-refractivity contribution in [2.75, 3.05) is 11.1 Å². The molecule has 12 heavy (non-hydrogen) atoms. The van der Waals surface area contributed by atoms with Crippen molar-refractivity contribution in [1.29, 1.82) is 0 Å². The SMILES string of the molecule is CC(Nc1cn[nH]c1N)C1CC1. The molecule has 1 aliphatic carbocycles. The fourth-order valence-corrected chi connectivity index (χ4v) is 1.37. The van der Waals surface area contributed by atoms with Crippen LogP contribution in [0.4, 0.5) is 11.5 Å². The summed E-state index contributed by atoms with van der Waals surface area (Å²) in [7, 11) is 0. The molecule has 4 N–H and O–H groups in total. The summed E-state index contributed by atoms with van der Waals surface area (Å²) in [4.78, 5) is 0. The number of nitrogens with one attached hydrogen (secondary N) is 2. The number of hydrogen-bond acceptors (Lipinski definition) is 3.